The highest BCUT2D eigenvalue weighted by atomic mass is 32.1. The molecular formula is C25H30N6O9S. The predicted octanol–water partition coefficient (Wildman–Crippen LogP) is 0.478. The number of nitrogens with zero attached hydrogens (tertiary/aromatic N) is 2. The molecule has 0 unspecified atom stereocenters. The highest BCUT2D eigenvalue weighted by Crippen LogP contribution is 2.22. The van der Waals surface area contributed by atoms with Crippen molar-refractivity contribution in [2.24, 2.45) is 7.05 Å². The van der Waals surface area contributed by atoms with Gasteiger partial charge in [0.1, 0.15) is 17.7 Å². The summed E-state index contributed by atoms with van der Waals surface area (Å²) < 4.78 is 1.73. The standard InChI is InChI=1S/C25H30N6O9S/c1-31-11-12(19-20(31)29-25(26)30-22(19)36)3-2-4-13-5-8-16(41-13)21(35)28-15(24(39)40)6-9-17(32)27-14(23(37)38)7-10-18(33)34/h5,8,11,14-15H,2-4,6-7,9-10H2,1H3,(H,27,32)(H,28,35)(H,33,34)(H,37,38)(H,39,40)(H3,26,29,30,36)/t14-,15-/m0/s1. The third-order valence-electron chi connectivity index (χ3n) is 6.22. The monoisotopic (exact) mass is 590 g/mol. The maximum absolute atomic E-state index is 12.7. The van der Waals surface area contributed by atoms with E-state index in [-0.39, 0.29) is 29.2 Å². The number of aromatic nitrogens is 3. The van der Waals surface area contributed by atoms with Gasteiger partial charge in [-0.25, -0.2) is 9.59 Å². The minimum Gasteiger partial charge on any atom is -0.481 e. The van der Waals surface area contributed by atoms with Crippen molar-refractivity contribution >= 4 is 58.0 Å². The molecule has 3 rings (SSSR count). The van der Waals surface area contributed by atoms with Crippen molar-refractivity contribution in [3.05, 3.63) is 44.0 Å². The summed E-state index contributed by atoms with van der Waals surface area (Å²) in [7, 11) is 1.77. The van der Waals surface area contributed by atoms with Crippen LogP contribution in [0.15, 0.2) is 23.1 Å². The molecule has 2 atom stereocenters. The largest absolute Gasteiger partial charge is 0.481 e. The lowest BCUT2D eigenvalue weighted by atomic mass is 10.1. The zero-order valence-electron chi connectivity index (χ0n) is 22.0. The number of aromatic amines is 1. The van der Waals surface area contributed by atoms with Crippen LogP contribution >= 0.6 is 11.3 Å². The summed E-state index contributed by atoms with van der Waals surface area (Å²) in [5, 5.41) is 32.4. The molecule has 0 aliphatic heterocycles. The van der Waals surface area contributed by atoms with Crippen molar-refractivity contribution in [2.75, 3.05) is 5.73 Å². The Kier molecular flexibility index (Phi) is 10.2. The number of hydrogen-bond donors (Lipinski definition) is 7. The number of H-pyrrole nitrogens is 1. The average Bonchev–Trinajstić information content (AvgIpc) is 3.48. The van der Waals surface area contributed by atoms with Crippen LogP contribution in [0.25, 0.3) is 11.0 Å². The number of carbonyl (C=O) groups excluding carboxylic acids is 2. The summed E-state index contributed by atoms with van der Waals surface area (Å²) in [6, 6.07) is 0.478. The smallest absolute Gasteiger partial charge is 0.326 e. The number of rotatable bonds is 15. The van der Waals surface area contributed by atoms with E-state index < -0.39 is 54.6 Å². The fraction of sp³-hybridized carbons (Fsp3) is 0.400. The van der Waals surface area contributed by atoms with Crippen LogP contribution in [-0.2, 0) is 39.1 Å². The number of nitrogen functional groups attached to an aromatic ring is 1. The molecule has 15 nitrogen and oxygen atoms in total. The van der Waals surface area contributed by atoms with Gasteiger partial charge >= 0.3 is 17.9 Å². The Labute approximate surface area is 236 Å². The molecule has 0 aliphatic rings. The summed E-state index contributed by atoms with van der Waals surface area (Å²) >= 11 is 1.19. The lowest BCUT2D eigenvalue weighted by Crippen LogP contribution is -2.44. The summed E-state index contributed by atoms with van der Waals surface area (Å²) in [4.78, 5) is 78.6. The van der Waals surface area contributed by atoms with E-state index in [9.17, 15) is 33.9 Å². The number of hydrogen-bond acceptors (Lipinski definition) is 9. The molecule has 2 amide bonds. The highest BCUT2D eigenvalue weighted by molar-refractivity contribution is 7.14. The van der Waals surface area contributed by atoms with Crippen molar-refractivity contribution in [3.63, 3.8) is 0 Å². The number of thiophene rings is 1. The van der Waals surface area contributed by atoms with Crippen molar-refractivity contribution in [1.82, 2.24) is 25.2 Å². The molecule has 3 heterocycles. The van der Waals surface area contributed by atoms with Crippen LogP contribution < -0.4 is 21.9 Å². The van der Waals surface area contributed by atoms with Crippen LogP contribution in [0.2, 0.25) is 0 Å². The number of carbonyl (C=O) groups is 5. The predicted molar refractivity (Wildman–Crippen MR) is 147 cm³/mol. The molecule has 16 heteroatoms. The first kappa shape index (κ1) is 30.8. The number of nitrogens with one attached hydrogen (secondary N) is 3. The van der Waals surface area contributed by atoms with Crippen LogP contribution in [0, 0.1) is 0 Å². The third kappa shape index (κ3) is 8.38. The third-order valence-corrected chi connectivity index (χ3v) is 7.37. The van der Waals surface area contributed by atoms with Gasteiger partial charge in [-0.1, -0.05) is 0 Å². The summed E-state index contributed by atoms with van der Waals surface area (Å²) in [6.07, 6.45) is 2.17. The van der Waals surface area contributed by atoms with Crippen molar-refractivity contribution in [1.29, 1.82) is 0 Å². The Morgan fingerprint density at radius 3 is 2.34 bits per heavy atom. The Bertz CT molecular complexity index is 1530. The molecule has 0 fully saturated rings. The first-order valence-corrected chi connectivity index (χ1v) is 13.4. The number of aliphatic carboxylic acids is 3. The van der Waals surface area contributed by atoms with Crippen molar-refractivity contribution < 1.29 is 39.3 Å². The molecule has 0 saturated heterocycles. The van der Waals surface area contributed by atoms with Gasteiger partial charge in [-0.05, 0) is 49.8 Å². The maximum Gasteiger partial charge on any atom is 0.326 e. The number of nitrogens with two attached hydrogens (primary N) is 1. The molecule has 0 bridgehead atoms. The van der Waals surface area contributed by atoms with Crippen LogP contribution in [0.1, 0.15) is 52.2 Å². The fourth-order valence-electron chi connectivity index (χ4n) is 4.21. The second-order valence-electron chi connectivity index (χ2n) is 9.33. The van der Waals surface area contributed by atoms with Gasteiger partial charge in [-0.3, -0.25) is 24.2 Å². The maximum atomic E-state index is 12.7. The molecule has 41 heavy (non-hydrogen) atoms. The summed E-state index contributed by atoms with van der Waals surface area (Å²) in [5.74, 6) is -5.39. The van der Waals surface area contributed by atoms with E-state index in [4.69, 9.17) is 15.9 Å². The first-order valence-electron chi connectivity index (χ1n) is 12.6. The molecule has 3 aromatic heterocycles. The van der Waals surface area contributed by atoms with Gasteiger partial charge in [0.05, 0.1) is 10.3 Å². The normalized spacial score (nSPS) is 12.5. The lowest BCUT2D eigenvalue weighted by molar-refractivity contribution is -0.143. The van der Waals surface area contributed by atoms with Crippen LogP contribution in [-0.4, -0.2) is 71.7 Å². The van der Waals surface area contributed by atoms with Gasteiger partial charge in [0, 0.05) is 31.0 Å². The van der Waals surface area contributed by atoms with Gasteiger partial charge in [0.25, 0.3) is 11.5 Å². The number of fused-ring (bicyclic) bond motifs is 1. The Morgan fingerprint density at radius 1 is 1.02 bits per heavy atom. The average molecular weight is 591 g/mol. The van der Waals surface area contributed by atoms with E-state index in [1.54, 1.807) is 23.7 Å². The second-order valence-corrected chi connectivity index (χ2v) is 10.5. The molecule has 0 aliphatic carbocycles. The zero-order chi connectivity index (χ0) is 30.3. The van der Waals surface area contributed by atoms with Crippen LogP contribution in [0.3, 0.4) is 0 Å². The summed E-state index contributed by atoms with van der Waals surface area (Å²) in [5.41, 5.74) is 6.62. The van der Waals surface area contributed by atoms with E-state index in [0.717, 1.165) is 10.4 Å². The molecule has 0 spiro atoms. The highest BCUT2D eigenvalue weighted by Gasteiger charge is 2.25. The summed E-state index contributed by atoms with van der Waals surface area (Å²) in [6.45, 7) is 0. The minimum absolute atomic E-state index is 0.0350. The quantitative estimate of drug-likeness (QED) is 0.128. The van der Waals surface area contributed by atoms with E-state index in [1.807, 2.05) is 6.20 Å². The Hall–Kier alpha value is -4.73. The lowest BCUT2D eigenvalue weighted by Gasteiger charge is -2.16. The van der Waals surface area contributed by atoms with Crippen molar-refractivity contribution in [3.8, 4) is 0 Å². The van der Waals surface area contributed by atoms with E-state index in [1.165, 1.54) is 11.3 Å². The van der Waals surface area contributed by atoms with Gasteiger partial charge in [0.15, 0.2) is 0 Å². The van der Waals surface area contributed by atoms with Gasteiger partial charge in [-0.15, -0.1) is 11.3 Å². The van der Waals surface area contributed by atoms with Gasteiger partial charge < -0.3 is 36.3 Å². The molecule has 0 radical (unpaired) electrons. The van der Waals surface area contributed by atoms with Gasteiger partial charge in [0.2, 0.25) is 11.9 Å². The van der Waals surface area contributed by atoms with Crippen LogP contribution in [0.4, 0.5) is 5.95 Å². The fourth-order valence-corrected chi connectivity index (χ4v) is 5.17. The molecule has 3 aromatic rings. The number of carboxylic acids is 3. The first-order chi connectivity index (χ1) is 19.3. The number of carboxylic acid groups (broad SMARTS) is 3. The van der Waals surface area contributed by atoms with Gasteiger partial charge in [-0.2, -0.15) is 4.98 Å². The topological polar surface area (TPSA) is 247 Å². The molecular weight excluding hydrogens is 560 g/mol. The Morgan fingerprint density at radius 2 is 1.68 bits per heavy atom. The van der Waals surface area contributed by atoms with E-state index >= 15 is 0 Å². The van der Waals surface area contributed by atoms with Crippen molar-refractivity contribution in [2.45, 2.75) is 57.0 Å². The Balaban J connectivity index is 1.53. The van der Waals surface area contributed by atoms with E-state index in [2.05, 4.69) is 20.6 Å². The molecule has 8 N–H and O–H groups in total. The number of amides is 2. The SMILES string of the molecule is Cn1cc(CCCc2ccc(C(=O)N[C@@H](CCC(=O)N[C@@H](CCC(=O)O)C(=O)O)C(=O)O)s2)c2c(=O)[nH]c(N)nc21. The molecule has 0 saturated carbocycles. The molecule has 220 valence electrons. The van der Waals surface area contributed by atoms with E-state index in [0.29, 0.717) is 30.3 Å². The van der Waals surface area contributed by atoms with Crippen LogP contribution in [0.5, 0.6) is 0 Å². The second kappa shape index (κ2) is 13.6. The number of anilines is 1. The minimum atomic E-state index is -1.43. The zero-order valence-corrected chi connectivity index (χ0v) is 22.8. The molecule has 0 aromatic carbocycles. The number of aryl methyl sites for hydroxylation is 3.